The van der Waals surface area contributed by atoms with E-state index in [9.17, 15) is 13.2 Å². The standard InChI is InChI=1S/C19H23N3O4S/c23-18(20-19-16-6-5-7-17(16)21-26-19)14-8-10-15(11-9-14)27(24,25)22-12-3-1-2-4-13-22/h8-11H,1-7,12-13H2,(H,20,23). The number of fused-ring (bicyclic) bond motifs is 1. The molecule has 0 atom stereocenters. The highest BCUT2D eigenvalue weighted by atomic mass is 32.2. The first-order valence-electron chi connectivity index (χ1n) is 9.45. The van der Waals surface area contributed by atoms with Crippen molar-refractivity contribution in [2.24, 2.45) is 0 Å². The summed E-state index contributed by atoms with van der Waals surface area (Å²) in [7, 11) is -3.51. The second-order valence-corrected chi connectivity index (χ2v) is 9.03. The van der Waals surface area contributed by atoms with Crippen molar-refractivity contribution < 1.29 is 17.7 Å². The molecule has 1 aliphatic heterocycles. The highest BCUT2D eigenvalue weighted by Gasteiger charge is 2.26. The number of aromatic nitrogens is 1. The van der Waals surface area contributed by atoms with Crippen molar-refractivity contribution in [1.29, 1.82) is 0 Å². The second-order valence-electron chi connectivity index (χ2n) is 7.09. The molecular weight excluding hydrogens is 366 g/mol. The van der Waals surface area contributed by atoms with E-state index in [0.29, 0.717) is 24.5 Å². The van der Waals surface area contributed by atoms with Crippen LogP contribution >= 0.6 is 0 Å². The highest BCUT2D eigenvalue weighted by Crippen LogP contribution is 2.29. The molecule has 4 rings (SSSR count). The molecule has 2 aliphatic rings. The number of benzene rings is 1. The van der Waals surface area contributed by atoms with Crippen molar-refractivity contribution in [3.8, 4) is 0 Å². The van der Waals surface area contributed by atoms with Crippen LogP contribution in [0.15, 0.2) is 33.7 Å². The van der Waals surface area contributed by atoms with E-state index in [-0.39, 0.29) is 10.8 Å². The fourth-order valence-corrected chi connectivity index (χ4v) is 5.23. The van der Waals surface area contributed by atoms with Crippen LogP contribution in [0.3, 0.4) is 0 Å². The van der Waals surface area contributed by atoms with E-state index in [1.807, 2.05) is 0 Å². The normalized spacial score (nSPS) is 18.1. The summed E-state index contributed by atoms with van der Waals surface area (Å²) in [4.78, 5) is 12.7. The molecule has 27 heavy (non-hydrogen) atoms. The topological polar surface area (TPSA) is 92.5 Å². The summed E-state index contributed by atoms with van der Waals surface area (Å²) in [6, 6.07) is 6.08. The van der Waals surface area contributed by atoms with E-state index in [1.165, 1.54) is 24.3 Å². The Kier molecular flexibility index (Phi) is 5.01. The third-order valence-corrected chi connectivity index (χ3v) is 7.17. The van der Waals surface area contributed by atoms with Crippen LogP contribution in [0, 0.1) is 0 Å². The fourth-order valence-electron chi connectivity index (χ4n) is 3.71. The van der Waals surface area contributed by atoms with Gasteiger partial charge in [0.2, 0.25) is 15.9 Å². The number of aryl methyl sites for hydroxylation is 1. The van der Waals surface area contributed by atoms with E-state index < -0.39 is 10.0 Å². The van der Waals surface area contributed by atoms with Gasteiger partial charge in [-0.05, 0) is 56.4 Å². The Labute approximate surface area is 158 Å². The number of carbonyl (C=O) groups excluding carboxylic acids is 1. The van der Waals surface area contributed by atoms with Crippen molar-refractivity contribution >= 4 is 21.8 Å². The predicted octanol–water partition coefficient (Wildman–Crippen LogP) is 2.98. The minimum Gasteiger partial charge on any atom is -0.338 e. The number of nitrogens with one attached hydrogen (secondary N) is 1. The summed E-state index contributed by atoms with van der Waals surface area (Å²) < 4.78 is 32.4. The molecule has 1 aliphatic carbocycles. The summed E-state index contributed by atoms with van der Waals surface area (Å²) in [5, 5.41) is 6.72. The Morgan fingerprint density at radius 2 is 1.70 bits per heavy atom. The van der Waals surface area contributed by atoms with Crippen molar-refractivity contribution in [2.45, 2.75) is 49.8 Å². The molecule has 144 valence electrons. The second kappa shape index (κ2) is 7.44. The number of sulfonamides is 1. The lowest BCUT2D eigenvalue weighted by Crippen LogP contribution is -2.31. The van der Waals surface area contributed by atoms with Gasteiger partial charge in [-0.1, -0.05) is 18.0 Å². The molecular formula is C19H23N3O4S. The third kappa shape index (κ3) is 3.64. The van der Waals surface area contributed by atoms with Crippen molar-refractivity contribution in [2.75, 3.05) is 18.4 Å². The smallest absolute Gasteiger partial charge is 0.258 e. The van der Waals surface area contributed by atoms with Gasteiger partial charge in [0.05, 0.1) is 10.6 Å². The molecule has 0 radical (unpaired) electrons. The number of carbonyl (C=O) groups is 1. The molecule has 0 bridgehead atoms. The predicted molar refractivity (Wildman–Crippen MR) is 100 cm³/mol. The molecule has 0 spiro atoms. The zero-order valence-electron chi connectivity index (χ0n) is 15.1. The maximum Gasteiger partial charge on any atom is 0.258 e. The van der Waals surface area contributed by atoms with Gasteiger partial charge in [0.25, 0.3) is 5.91 Å². The van der Waals surface area contributed by atoms with Crippen LogP contribution < -0.4 is 5.32 Å². The van der Waals surface area contributed by atoms with Gasteiger partial charge in [-0.15, -0.1) is 0 Å². The summed E-state index contributed by atoms with van der Waals surface area (Å²) in [5.74, 6) is 0.0633. The third-order valence-electron chi connectivity index (χ3n) is 5.26. The minimum absolute atomic E-state index is 0.224. The Balaban J connectivity index is 1.48. The van der Waals surface area contributed by atoms with Gasteiger partial charge < -0.3 is 4.52 Å². The summed E-state index contributed by atoms with van der Waals surface area (Å²) >= 11 is 0. The van der Waals surface area contributed by atoms with Crippen LogP contribution in [-0.4, -0.2) is 36.9 Å². The monoisotopic (exact) mass is 389 g/mol. The van der Waals surface area contributed by atoms with E-state index in [2.05, 4.69) is 10.5 Å². The van der Waals surface area contributed by atoms with Crippen LogP contribution in [0.1, 0.15) is 53.7 Å². The average Bonchev–Trinajstić information content (AvgIpc) is 3.17. The summed E-state index contributed by atoms with van der Waals surface area (Å²) in [5.41, 5.74) is 2.25. The van der Waals surface area contributed by atoms with E-state index >= 15 is 0 Å². The van der Waals surface area contributed by atoms with Crippen molar-refractivity contribution in [3.63, 3.8) is 0 Å². The Morgan fingerprint density at radius 3 is 2.41 bits per heavy atom. The fraction of sp³-hybridized carbons (Fsp3) is 0.474. The molecule has 1 N–H and O–H groups in total. The number of hydrogen-bond acceptors (Lipinski definition) is 5. The van der Waals surface area contributed by atoms with Gasteiger partial charge in [0, 0.05) is 24.2 Å². The van der Waals surface area contributed by atoms with Crippen molar-refractivity contribution in [3.05, 3.63) is 41.1 Å². The molecule has 8 heteroatoms. The molecule has 0 unspecified atom stereocenters. The van der Waals surface area contributed by atoms with Gasteiger partial charge in [-0.25, -0.2) is 8.42 Å². The lowest BCUT2D eigenvalue weighted by atomic mass is 10.2. The van der Waals surface area contributed by atoms with Crippen LogP contribution in [0.2, 0.25) is 0 Å². The minimum atomic E-state index is -3.51. The molecule has 1 fully saturated rings. The van der Waals surface area contributed by atoms with E-state index in [1.54, 1.807) is 4.31 Å². The summed E-state index contributed by atoms with van der Waals surface area (Å²) in [6.07, 6.45) is 6.65. The molecule has 1 aromatic heterocycles. The lowest BCUT2D eigenvalue weighted by Gasteiger charge is -2.20. The number of nitrogens with zero attached hydrogens (tertiary/aromatic N) is 2. The molecule has 0 saturated carbocycles. The SMILES string of the molecule is O=C(Nc1onc2c1CCC2)c1ccc(S(=O)(=O)N2CCCCCC2)cc1. The quantitative estimate of drug-likeness (QED) is 0.868. The van der Waals surface area contributed by atoms with Crippen LogP contribution in [0.4, 0.5) is 5.88 Å². The molecule has 2 aromatic rings. The van der Waals surface area contributed by atoms with Crippen LogP contribution in [-0.2, 0) is 22.9 Å². The number of rotatable bonds is 4. The first kappa shape index (κ1) is 18.2. The molecule has 1 aromatic carbocycles. The number of amides is 1. The largest absolute Gasteiger partial charge is 0.338 e. The molecule has 7 nitrogen and oxygen atoms in total. The zero-order valence-corrected chi connectivity index (χ0v) is 15.9. The number of hydrogen-bond donors (Lipinski definition) is 1. The first-order chi connectivity index (χ1) is 13.1. The van der Waals surface area contributed by atoms with E-state index in [0.717, 1.165) is 56.2 Å². The molecule has 2 heterocycles. The molecule has 1 saturated heterocycles. The maximum atomic E-state index is 12.8. The van der Waals surface area contributed by atoms with Gasteiger partial charge in [0.1, 0.15) is 0 Å². The molecule has 1 amide bonds. The lowest BCUT2D eigenvalue weighted by molar-refractivity contribution is 0.102. The van der Waals surface area contributed by atoms with Gasteiger partial charge in [0.15, 0.2) is 0 Å². The maximum absolute atomic E-state index is 12.8. The Hall–Kier alpha value is -2.19. The Bertz CT molecular complexity index is 926. The average molecular weight is 389 g/mol. The van der Waals surface area contributed by atoms with Gasteiger partial charge in [-0.2, -0.15) is 4.31 Å². The van der Waals surface area contributed by atoms with E-state index in [4.69, 9.17) is 4.52 Å². The highest BCUT2D eigenvalue weighted by molar-refractivity contribution is 7.89. The van der Waals surface area contributed by atoms with Crippen LogP contribution in [0.5, 0.6) is 0 Å². The van der Waals surface area contributed by atoms with Gasteiger partial charge in [-0.3, -0.25) is 10.1 Å². The van der Waals surface area contributed by atoms with Crippen LogP contribution in [0.25, 0.3) is 0 Å². The summed E-state index contributed by atoms with van der Waals surface area (Å²) in [6.45, 7) is 1.11. The Morgan fingerprint density at radius 1 is 1.00 bits per heavy atom. The number of anilines is 1. The zero-order chi connectivity index (χ0) is 18.9. The van der Waals surface area contributed by atoms with Gasteiger partial charge >= 0.3 is 0 Å². The van der Waals surface area contributed by atoms with Crippen molar-refractivity contribution in [1.82, 2.24) is 9.46 Å². The first-order valence-corrected chi connectivity index (χ1v) is 10.9.